The summed E-state index contributed by atoms with van der Waals surface area (Å²) < 4.78 is 4.98. The average molecular weight is 364 g/mol. The summed E-state index contributed by atoms with van der Waals surface area (Å²) in [5.74, 6) is -1.69. The van der Waals surface area contributed by atoms with Crippen LogP contribution in [0, 0.1) is 10.1 Å². The molecule has 1 heterocycles. The van der Waals surface area contributed by atoms with Gasteiger partial charge in [-0.05, 0) is 31.9 Å². The fourth-order valence-corrected chi connectivity index (χ4v) is 2.58. The van der Waals surface area contributed by atoms with E-state index in [1.807, 2.05) is 10.2 Å². The van der Waals surface area contributed by atoms with Gasteiger partial charge in [-0.2, -0.15) is 0 Å². The molecule has 3 amide bonds. The van der Waals surface area contributed by atoms with Crippen molar-refractivity contribution in [3.63, 3.8) is 0 Å². The third-order valence-electron chi connectivity index (χ3n) is 3.97. The van der Waals surface area contributed by atoms with Gasteiger partial charge in [0, 0.05) is 26.2 Å². The van der Waals surface area contributed by atoms with Crippen molar-refractivity contribution < 1.29 is 24.0 Å². The number of carbonyl (C=O) groups is 3. The lowest BCUT2D eigenvalue weighted by atomic mass is 10.1. The van der Waals surface area contributed by atoms with Gasteiger partial charge in [0.15, 0.2) is 6.10 Å². The number of nitro groups is 1. The number of ether oxygens (including phenoxy) is 1. The summed E-state index contributed by atoms with van der Waals surface area (Å²) in [5, 5.41) is 15.5. The summed E-state index contributed by atoms with van der Waals surface area (Å²) >= 11 is 0. The summed E-state index contributed by atoms with van der Waals surface area (Å²) in [5.41, 5.74) is 0.220. The van der Waals surface area contributed by atoms with E-state index in [0.29, 0.717) is 5.69 Å². The molecule has 2 rings (SSSR count). The van der Waals surface area contributed by atoms with Crippen LogP contribution in [0.25, 0.3) is 0 Å². The summed E-state index contributed by atoms with van der Waals surface area (Å²) in [4.78, 5) is 47.7. The van der Waals surface area contributed by atoms with Crippen LogP contribution < -0.4 is 15.5 Å². The number of urea groups is 1. The molecular formula is C16H20N4O6. The molecule has 0 saturated carbocycles. The van der Waals surface area contributed by atoms with Gasteiger partial charge in [-0.15, -0.1) is 0 Å². The van der Waals surface area contributed by atoms with Crippen LogP contribution in [-0.4, -0.2) is 49.1 Å². The number of esters is 1. The Labute approximate surface area is 149 Å². The minimum Gasteiger partial charge on any atom is -0.449 e. The largest absolute Gasteiger partial charge is 0.449 e. The van der Waals surface area contributed by atoms with E-state index in [1.165, 1.54) is 26.1 Å². The number of rotatable bonds is 5. The van der Waals surface area contributed by atoms with Crippen molar-refractivity contribution in [2.45, 2.75) is 25.9 Å². The third kappa shape index (κ3) is 4.47. The topological polar surface area (TPSA) is 131 Å². The highest BCUT2D eigenvalue weighted by atomic mass is 16.6. The van der Waals surface area contributed by atoms with Crippen LogP contribution in [0.5, 0.6) is 0 Å². The zero-order valence-corrected chi connectivity index (χ0v) is 14.5. The van der Waals surface area contributed by atoms with Crippen molar-refractivity contribution in [2.24, 2.45) is 0 Å². The molecule has 26 heavy (non-hydrogen) atoms. The SMILES string of the molecule is CNC(=O)NC(=O)[C@H](C)OC(=O)c1ccc(N2CCCC2)c([N+](=O)[O-])c1. The van der Waals surface area contributed by atoms with Crippen molar-refractivity contribution in [2.75, 3.05) is 25.0 Å². The molecule has 0 aliphatic carbocycles. The maximum absolute atomic E-state index is 12.2. The Kier molecular flexibility index (Phi) is 6.10. The van der Waals surface area contributed by atoms with Crippen LogP contribution in [0.1, 0.15) is 30.1 Å². The molecule has 1 fully saturated rings. The number of hydrogen-bond acceptors (Lipinski definition) is 7. The molecule has 10 heteroatoms. The number of hydrogen-bond donors (Lipinski definition) is 2. The van der Waals surface area contributed by atoms with Gasteiger partial charge in [-0.3, -0.25) is 20.2 Å². The number of nitrogens with zero attached hydrogens (tertiary/aromatic N) is 2. The number of anilines is 1. The second kappa shape index (κ2) is 8.28. The first-order valence-corrected chi connectivity index (χ1v) is 8.10. The summed E-state index contributed by atoms with van der Waals surface area (Å²) in [6, 6.07) is 3.34. The van der Waals surface area contributed by atoms with Crippen LogP contribution in [0.4, 0.5) is 16.2 Å². The van der Waals surface area contributed by atoms with Crippen molar-refractivity contribution in [3.05, 3.63) is 33.9 Å². The molecule has 0 radical (unpaired) electrons. The van der Waals surface area contributed by atoms with Gasteiger partial charge in [0.05, 0.1) is 10.5 Å². The highest BCUT2D eigenvalue weighted by molar-refractivity contribution is 5.98. The second-order valence-corrected chi connectivity index (χ2v) is 5.77. The molecule has 0 aromatic heterocycles. The van der Waals surface area contributed by atoms with Crippen LogP contribution in [0.2, 0.25) is 0 Å². The highest BCUT2D eigenvalue weighted by Crippen LogP contribution is 2.31. The number of imide groups is 1. The molecule has 1 saturated heterocycles. The van der Waals surface area contributed by atoms with E-state index in [4.69, 9.17) is 4.74 Å². The van der Waals surface area contributed by atoms with Gasteiger partial charge in [0.2, 0.25) is 0 Å². The van der Waals surface area contributed by atoms with Crippen LogP contribution in [0.15, 0.2) is 18.2 Å². The zero-order valence-electron chi connectivity index (χ0n) is 14.5. The van der Waals surface area contributed by atoms with E-state index in [2.05, 4.69) is 5.32 Å². The van der Waals surface area contributed by atoms with Crippen LogP contribution in [0.3, 0.4) is 0 Å². The first kappa shape index (κ1) is 19.2. The minimum atomic E-state index is -1.24. The Morgan fingerprint density at radius 2 is 1.92 bits per heavy atom. The predicted molar refractivity (Wildman–Crippen MR) is 92.0 cm³/mol. The molecule has 140 valence electrons. The summed E-state index contributed by atoms with van der Waals surface area (Å²) in [6.07, 6.45) is 0.676. The zero-order chi connectivity index (χ0) is 19.3. The summed E-state index contributed by atoms with van der Waals surface area (Å²) in [7, 11) is 1.33. The number of amides is 3. The van der Waals surface area contributed by atoms with Gasteiger partial charge in [-0.25, -0.2) is 9.59 Å². The van der Waals surface area contributed by atoms with E-state index in [0.717, 1.165) is 32.0 Å². The smallest absolute Gasteiger partial charge is 0.339 e. The molecule has 1 atom stereocenters. The molecule has 1 aromatic rings. The number of nitro benzene ring substituents is 1. The minimum absolute atomic E-state index is 0.0424. The van der Waals surface area contributed by atoms with E-state index in [-0.39, 0.29) is 11.3 Å². The number of benzene rings is 1. The highest BCUT2D eigenvalue weighted by Gasteiger charge is 2.26. The van der Waals surface area contributed by atoms with Crippen molar-refractivity contribution >= 4 is 29.3 Å². The molecular weight excluding hydrogens is 344 g/mol. The monoisotopic (exact) mass is 364 g/mol. The van der Waals surface area contributed by atoms with E-state index in [9.17, 15) is 24.5 Å². The Bertz CT molecular complexity index is 729. The standard InChI is InChI=1S/C16H20N4O6/c1-10(14(21)18-16(23)17-2)26-15(22)11-5-6-12(13(9-11)20(24)25)19-7-3-4-8-19/h5-6,9-10H,3-4,7-8H2,1-2H3,(H2,17,18,21,23)/t10-/m0/s1. The Morgan fingerprint density at radius 1 is 1.27 bits per heavy atom. The van der Waals surface area contributed by atoms with Crippen LogP contribution in [-0.2, 0) is 9.53 Å². The number of carbonyl (C=O) groups excluding carboxylic acids is 3. The number of nitrogens with one attached hydrogen (secondary N) is 2. The van der Waals surface area contributed by atoms with Crippen molar-refractivity contribution in [1.29, 1.82) is 0 Å². The summed E-state index contributed by atoms with van der Waals surface area (Å²) in [6.45, 7) is 2.74. The van der Waals surface area contributed by atoms with Gasteiger partial charge >= 0.3 is 12.0 Å². The fourth-order valence-electron chi connectivity index (χ4n) is 2.58. The Hall–Kier alpha value is -3.17. The van der Waals surface area contributed by atoms with Gasteiger partial charge in [0.25, 0.3) is 11.6 Å². The first-order valence-electron chi connectivity index (χ1n) is 8.10. The Morgan fingerprint density at radius 3 is 2.50 bits per heavy atom. The van der Waals surface area contributed by atoms with Crippen LogP contribution >= 0.6 is 0 Å². The molecule has 10 nitrogen and oxygen atoms in total. The molecule has 0 spiro atoms. The lowest BCUT2D eigenvalue weighted by Gasteiger charge is -2.18. The van der Waals surface area contributed by atoms with Crippen molar-refractivity contribution in [1.82, 2.24) is 10.6 Å². The fraction of sp³-hybridized carbons (Fsp3) is 0.438. The average Bonchev–Trinajstić information content (AvgIpc) is 3.15. The normalized spacial score (nSPS) is 14.5. The maximum Gasteiger partial charge on any atom is 0.339 e. The molecule has 0 bridgehead atoms. The quantitative estimate of drug-likeness (QED) is 0.456. The first-order chi connectivity index (χ1) is 12.3. The Balaban J connectivity index is 2.13. The lowest BCUT2D eigenvalue weighted by Crippen LogP contribution is -2.43. The molecule has 1 aliphatic rings. The second-order valence-electron chi connectivity index (χ2n) is 5.77. The van der Waals surface area contributed by atoms with E-state index < -0.39 is 28.9 Å². The van der Waals surface area contributed by atoms with Gasteiger partial charge < -0.3 is 15.0 Å². The molecule has 2 N–H and O–H groups in total. The van der Waals surface area contributed by atoms with E-state index in [1.54, 1.807) is 0 Å². The molecule has 0 unspecified atom stereocenters. The molecule has 1 aliphatic heterocycles. The molecule has 1 aromatic carbocycles. The van der Waals surface area contributed by atoms with Crippen molar-refractivity contribution in [3.8, 4) is 0 Å². The maximum atomic E-state index is 12.2. The van der Waals surface area contributed by atoms with E-state index >= 15 is 0 Å². The van der Waals surface area contributed by atoms with Gasteiger partial charge in [-0.1, -0.05) is 0 Å². The van der Waals surface area contributed by atoms with Gasteiger partial charge in [0.1, 0.15) is 5.69 Å². The lowest BCUT2D eigenvalue weighted by molar-refractivity contribution is -0.384. The third-order valence-corrected chi connectivity index (χ3v) is 3.97. The predicted octanol–water partition coefficient (Wildman–Crippen LogP) is 1.20.